The third-order valence-corrected chi connectivity index (χ3v) is 10.5. The Morgan fingerprint density at radius 3 is 1.64 bits per heavy atom. The number of rotatable bonds is 36. The van der Waals surface area contributed by atoms with Crippen molar-refractivity contribution in [1.82, 2.24) is 0 Å². The second-order valence-corrected chi connectivity index (χ2v) is 16.9. The summed E-state index contributed by atoms with van der Waals surface area (Å²) in [5.41, 5.74) is 0. The van der Waals surface area contributed by atoms with Gasteiger partial charge in [-0.3, -0.25) is 14.1 Å². The summed E-state index contributed by atoms with van der Waals surface area (Å²) in [4.78, 5) is 25.4. The van der Waals surface area contributed by atoms with Crippen LogP contribution in [0.3, 0.4) is 0 Å². The Labute approximate surface area is 367 Å². The molecule has 0 saturated carbocycles. The van der Waals surface area contributed by atoms with Crippen molar-refractivity contribution in [3.63, 3.8) is 0 Å². The van der Waals surface area contributed by atoms with Crippen LogP contribution in [0.5, 0.6) is 0 Å². The number of allylic oxidation sites excluding steroid dienone is 14. The van der Waals surface area contributed by atoms with E-state index in [1.54, 1.807) is 0 Å². The fraction of sp³-hybridized carbons (Fsp3) is 0.667. The summed E-state index contributed by atoms with van der Waals surface area (Å²) in [6, 6.07) is 0. The second kappa shape index (κ2) is 37.4. The first-order chi connectivity index (χ1) is 29.5. The van der Waals surface area contributed by atoms with Crippen LogP contribution in [-0.2, 0) is 38.7 Å². The van der Waals surface area contributed by atoms with Crippen molar-refractivity contribution in [2.45, 2.75) is 185 Å². The molecule has 12 nitrogen and oxygen atoms in total. The van der Waals surface area contributed by atoms with E-state index >= 15 is 0 Å². The Hall–Kier alpha value is -3.17. The van der Waals surface area contributed by atoms with Crippen molar-refractivity contribution < 1.29 is 56.8 Å². The average Bonchev–Trinajstić information content (AvgIpc) is 3.22. The zero-order chi connectivity index (χ0) is 44.8. The molecule has 13 heteroatoms. The van der Waals surface area contributed by atoms with Crippen LogP contribution in [0.1, 0.15) is 149 Å². The number of unbranched alkanes of at least 4 members (excludes halogenated alkanes) is 12. The van der Waals surface area contributed by atoms with Gasteiger partial charge in [-0.05, 0) is 70.6 Å². The molecule has 0 aliphatic carbocycles. The Morgan fingerprint density at radius 2 is 1.07 bits per heavy atom. The summed E-state index contributed by atoms with van der Waals surface area (Å²) in [6.45, 7) is 3.47. The standard InChI is InChI=1S/C48H78O12S/c1-3-5-7-9-11-13-15-17-18-19-20-21-22-23-25-26-28-30-32-34-36-43(49)57-38-41(39-58-48-47(53)46(52)45(51)42(60-48)40-61(54,55)56)59-44(50)37-35-33-31-29-27-24-16-14-12-10-8-6-4-2/h5-8,10-14,16-18,20-21,41-42,45-48,51-53H,3-4,9,15,19,22-40H2,1-2H3,(H,54,55,56)/b7-5+,8-6+,12-10+,13-11+,16-14+,18-17+,21-20+/t41?,42-,45-,46?,47?,48+/m1/s1. The largest absolute Gasteiger partial charge is 0.462 e. The number of aliphatic hydroxyl groups excluding tert-OH is 3. The van der Waals surface area contributed by atoms with Gasteiger partial charge in [-0.15, -0.1) is 0 Å². The molecular formula is C48H78O12S. The van der Waals surface area contributed by atoms with Gasteiger partial charge in [-0.1, -0.05) is 150 Å². The Kier molecular flexibility index (Phi) is 34.2. The number of carbonyl (C=O) groups excluding carboxylic acids is 2. The SMILES string of the molecule is CC/C=C/C=C/C=C/CCCCCCCC(=O)OC(COC(=O)CCCCCCCCC/C=C/C/C=C/C/C=C/C/C=C/CC)CO[C@H]1O[C@H](CS(=O)(=O)O)[C@@H](O)C(O)C1O. The van der Waals surface area contributed by atoms with Gasteiger partial charge in [0.15, 0.2) is 12.4 Å². The summed E-state index contributed by atoms with van der Waals surface area (Å²) >= 11 is 0. The number of carbonyl (C=O) groups is 2. The van der Waals surface area contributed by atoms with E-state index in [0.29, 0.717) is 12.8 Å². The number of ether oxygens (including phenoxy) is 4. The molecular weight excluding hydrogens is 801 g/mol. The van der Waals surface area contributed by atoms with Gasteiger partial charge in [0.05, 0.1) is 6.61 Å². The van der Waals surface area contributed by atoms with Crippen molar-refractivity contribution in [2.75, 3.05) is 19.0 Å². The zero-order valence-electron chi connectivity index (χ0n) is 37.0. The molecule has 61 heavy (non-hydrogen) atoms. The van der Waals surface area contributed by atoms with Crippen LogP contribution in [0.4, 0.5) is 0 Å². The Morgan fingerprint density at radius 1 is 0.574 bits per heavy atom. The molecule has 0 aromatic rings. The van der Waals surface area contributed by atoms with E-state index in [-0.39, 0.29) is 19.4 Å². The highest BCUT2D eigenvalue weighted by Crippen LogP contribution is 2.24. The summed E-state index contributed by atoms with van der Waals surface area (Å²) in [5.74, 6) is -2.04. The first-order valence-corrected chi connectivity index (χ1v) is 24.3. The van der Waals surface area contributed by atoms with E-state index in [9.17, 15) is 37.9 Å². The fourth-order valence-electron chi connectivity index (χ4n) is 6.31. The lowest BCUT2D eigenvalue weighted by Gasteiger charge is -2.40. The summed E-state index contributed by atoms with van der Waals surface area (Å²) in [7, 11) is -4.61. The van der Waals surface area contributed by atoms with Crippen LogP contribution in [-0.4, -0.2) is 96.0 Å². The predicted molar refractivity (Wildman–Crippen MR) is 242 cm³/mol. The second-order valence-electron chi connectivity index (χ2n) is 15.4. The first kappa shape index (κ1) is 55.8. The molecule has 3 unspecified atom stereocenters. The third kappa shape index (κ3) is 32.2. The summed E-state index contributed by atoms with van der Waals surface area (Å²) in [5, 5.41) is 30.9. The Balaban J connectivity index is 2.44. The monoisotopic (exact) mass is 879 g/mol. The number of hydrogen-bond acceptors (Lipinski definition) is 11. The van der Waals surface area contributed by atoms with Crippen LogP contribution in [0, 0.1) is 0 Å². The van der Waals surface area contributed by atoms with Gasteiger partial charge in [0.25, 0.3) is 10.1 Å². The van der Waals surface area contributed by atoms with Gasteiger partial charge in [0.1, 0.15) is 36.8 Å². The van der Waals surface area contributed by atoms with Crippen LogP contribution >= 0.6 is 0 Å². The molecule has 6 atom stereocenters. The smallest absolute Gasteiger partial charge is 0.306 e. The molecule has 0 aromatic carbocycles. The lowest BCUT2D eigenvalue weighted by Crippen LogP contribution is -2.60. The highest BCUT2D eigenvalue weighted by Gasteiger charge is 2.46. The molecule has 0 aromatic heterocycles. The minimum absolute atomic E-state index is 0.134. The van der Waals surface area contributed by atoms with Crippen LogP contribution < -0.4 is 0 Å². The van der Waals surface area contributed by atoms with Crippen molar-refractivity contribution in [3.05, 3.63) is 85.1 Å². The number of aliphatic hydroxyl groups is 3. The molecule has 1 saturated heterocycles. The Bertz CT molecular complexity index is 1450. The third-order valence-electron chi connectivity index (χ3n) is 9.78. The van der Waals surface area contributed by atoms with E-state index in [4.69, 9.17) is 18.9 Å². The highest BCUT2D eigenvalue weighted by molar-refractivity contribution is 7.85. The maximum atomic E-state index is 12.8. The van der Waals surface area contributed by atoms with E-state index in [1.807, 2.05) is 24.3 Å². The minimum Gasteiger partial charge on any atom is -0.462 e. The number of hydrogen-bond donors (Lipinski definition) is 4. The van der Waals surface area contributed by atoms with Crippen molar-refractivity contribution in [3.8, 4) is 0 Å². The van der Waals surface area contributed by atoms with E-state index in [2.05, 4.69) is 74.6 Å². The topological polar surface area (TPSA) is 186 Å². The van der Waals surface area contributed by atoms with Crippen molar-refractivity contribution in [2.24, 2.45) is 0 Å². The van der Waals surface area contributed by atoms with Crippen molar-refractivity contribution in [1.29, 1.82) is 0 Å². The fourth-order valence-corrected chi connectivity index (χ4v) is 7.00. The van der Waals surface area contributed by atoms with Gasteiger partial charge >= 0.3 is 11.9 Å². The maximum absolute atomic E-state index is 12.8. The van der Waals surface area contributed by atoms with Crippen molar-refractivity contribution >= 4 is 22.1 Å². The molecule has 1 aliphatic heterocycles. The maximum Gasteiger partial charge on any atom is 0.306 e. The normalized spacial score (nSPS) is 20.8. The summed E-state index contributed by atoms with van der Waals surface area (Å²) < 4.78 is 54.0. The van der Waals surface area contributed by atoms with Crippen LogP contribution in [0.15, 0.2) is 85.1 Å². The van der Waals surface area contributed by atoms with Gasteiger partial charge < -0.3 is 34.3 Å². The minimum atomic E-state index is -4.61. The highest BCUT2D eigenvalue weighted by atomic mass is 32.2. The molecule has 1 rings (SSSR count). The van der Waals surface area contributed by atoms with Gasteiger partial charge in [0, 0.05) is 12.8 Å². The first-order valence-electron chi connectivity index (χ1n) is 22.7. The van der Waals surface area contributed by atoms with E-state index < -0.39 is 71.2 Å². The van der Waals surface area contributed by atoms with Gasteiger partial charge in [-0.25, -0.2) is 0 Å². The lowest BCUT2D eigenvalue weighted by molar-refractivity contribution is -0.297. The molecule has 0 bridgehead atoms. The predicted octanol–water partition coefficient (Wildman–Crippen LogP) is 9.28. The molecule has 0 radical (unpaired) electrons. The molecule has 0 amide bonds. The van der Waals surface area contributed by atoms with E-state index in [1.165, 1.54) is 6.42 Å². The van der Waals surface area contributed by atoms with Gasteiger partial charge in [-0.2, -0.15) is 8.42 Å². The molecule has 1 fully saturated rings. The quantitative estimate of drug-likeness (QED) is 0.0154. The lowest BCUT2D eigenvalue weighted by atomic mass is 10.00. The van der Waals surface area contributed by atoms with Crippen LogP contribution in [0.25, 0.3) is 0 Å². The average molecular weight is 879 g/mol. The van der Waals surface area contributed by atoms with Crippen LogP contribution in [0.2, 0.25) is 0 Å². The van der Waals surface area contributed by atoms with E-state index in [0.717, 1.165) is 103 Å². The van der Waals surface area contributed by atoms with Gasteiger partial charge in [0.2, 0.25) is 0 Å². The number of esters is 2. The molecule has 1 aliphatic rings. The summed E-state index contributed by atoms with van der Waals surface area (Å²) in [6.07, 6.45) is 39.1. The zero-order valence-corrected chi connectivity index (χ0v) is 37.8. The molecule has 348 valence electrons. The molecule has 4 N–H and O–H groups in total. The molecule has 0 spiro atoms. The molecule has 1 heterocycles.